The molecule has 2 N–H and O–H groups in total. The van der Waals surface area contributed by atoms with Crippen LogP contribution in [0.15, 0.2) is 23.1 Å². The first-order valence-electron chi connectivity index (χ1n) is 6.35. The number of ether oxygens (including phenoxy) is 1. The second kappa shape index (κ2) is 5.80. The van der Waals surface area contributed by atoms with Crippen LogP contribution in [0.3, 0.4) is 0 Å². The van der Waals surface area contributed by atoms with Crippen molar-refractivity contribution in [1.29, 1.82) is 0 Å². The van der Waals surface area contributed by atoms with Crippen LogP contribution in [0.5, 0.6) is 5.75 Å². The number of methoxy groups -OCH3 is 1. The van der Waals surface area contributed by atoms with Crippen molar-refractivity contribution in [3.8, 4) is 5.75 Å². The number of aromatic hydroxyl groups is 1. The number of sulfonamides is 1. The number of hydrogen-bond acceptors (Lipinski definition) is 5. The number of phenolic OH excluding ortho intramolecular Hbond substituents is 1. The molecular weight excluding hydrogens is 282 g/mol. The van der Waals surface area contributed by atoms with Crippen LogP contribution in [0.4, 0.5) is 0 Å². The van der Waals surface area contributed by atoms with Crippen LogP contribution in [0.2, 0.25) is 0 Å². The molecule has 0 atom stereocenters. The predicted molar refractivity (Wildman–Crippen MR) is 72.0 cm³/mol. The fourth-order valence-corrected chi connectivity index (χ4v) is 3.11. The molecule has 0 saturated heterocycles. The van der Waals surface area contributed by atoms with Gasteiger partial charge in [0.2, 0.25) is 10.0 Å². The Morgan fingerprint density at radius 1 is 1.45 bits per heavy atom. The van der Waals surface area contributed by atoms with E-state index in [1.54, 1.807) is 0 Å². The minimum Gasteiger partial charge on any atom is -0.507 e. The van der Waals surface area contributed by atoms with Crippen molar-refractivity contribution < 1.29 is 23.1 Å². The molecule has 0 heterocycles. The Morgan fingerprint density at radius 2 is 2.15 bits per heavy atom. The average molecular weight is 299 g/mol. The maximum absolute atomic E-state index is 12.1. The van der Waals surface area contributed by atoms with Gasteiger partial charge in [-0.25, -0.2) is 17.9 Å². The normalized spacial score (nSPS) is 15.7. The second-order valence-corrected chi connectivity index (χ2v) is 6.59. The number of phenols is 1. The molecule has 0 aliphatic heterocycles. The van der Waals surface area contributed by atoms with Gasteiger partial charge in [-0.2, -0.15) is 0 Å². The summed E-state index contributed by atoms with van der Waals surface area (Å²) in [4.78, 5) is 11.4. The van der Waals surface area contributed by atoms with E-state index in [1.807, 2.05) is 0 Å². The minimum absolute atomic E-state index is 0.0602. The highest BCUT2D eigenvalue weighted by Gasteiger charge is 2.23. The fraction of sp³-hybridized carbons (Fsp3) is 0.462. The topological polar surface area (TPSA) is 92.7 Å². The Morgan fingerprint density at radius 3 is 2.70 bits per heavy atom. The van der Waals surface area contributed by atoms with Crippen molar-refractivity contribution in [2.24, 2.45) is 5.92 Å². The average Bonchev–Trinajstić information content (AvgIpc) is 2.36. The van der Waals surface area contributed by atoms with Gasteiger partial charge < -0.3 is 9.84 Å². The molecule has 1 aliphatic carbocycles. The van der Waals surface area contributed by atoms with Crippen LogP contribution in [-0.2, 0) is 14.8 Å². The van der Waals surface area contributed by atoms with E-state index in [0.29, 0.717) is 12.5 Å². The van der Waals surface area contributed by atoms with E-state index < -0.39 is 16.0 Å². The number of benzene rings is 1. The maximum atomic E-state index is 12.1. The lowest BCUT2D eigenvalue weighted by molar-refractivity contribution is 0.0597. The van der Waals surface area contributed by atoms with Gasteiger partial charge in [0.15, 0.2) is 0 Å². The van der Waals surface area contributed by atoms with E-state index in [-0.39, 0.29) is 16.2 Å². The number of esters is 1. The molecule has 1 aromatic carbocycles. The summed E-state index contributed by atoms with van der Waals surface area (Å²) in [5.41, 5.74) is -0.168. The molecule has 6 nitrogen and oxygen atoms in total. The molecule has 20 heavy (non-hydrogen) atoms. The SMILES string of the molecule is COC(=O)c1cc(S(=O)(=O)NCC2CCC2)ccc1O. The van der Waals surface area contributed by atoms with Crippen LogP contribution in [0, 0.1) is 5.92 Å². The van der Waals surface area contributed by atoms with Gasteiger partial charge in [-0.1, -0.05) is 6.42 Å². The van der Waals surface area contributed by atoms with Crippen LogP contribution in [0.25, 0.3) is 0 Å². The van der Waals surface area contributed by atoms with Crippen molar-refractivity contribution in [2.45, 2.75) is 24.2 Å². The highest BCUT2D eigenvalue weighted by atomic mass is 32.2. The third kappa shape index (κ3) is 3.10. The molecule has 1 saturated carbocycles. The summed E-state index contributed by atoms with van der Waals surface area (Å²) < 4.78 is 31.2. The van der Waals surface area contributed by atoms with Crippen molar-refractivity contribution >= 4 is 16.0 Å². The zero-order chi connectivity index (χ0) is 14.8. The molecule has 0 bridgehead atoms. The fourth-order valence-electron chi connectivity index (χ4n) is 1.96. The largest absolute Gasteiger partial charge is 0.507 e. The van der Waals surface area contributed by atoms with Crippen molar-refractivity contribution in [3.63, 3.8) is 0 Å². The highest BCUT2D eigenvalue weighted by Crippen LogP contribution is 2.26. The first-order chi connectivity index (χ1) is 9.44. The van der Waals surface area contributed by atoms with E-state index in [1.165, 1.54) is 12.1 Å². The summed E-state index contributed by atoms with van der Waals surface area (Å²) >= 11 is 0. The Balaban J connectivity index is 2.20. The van der Waals surface area contributed by atoms with Crippen molar-refractivity contribution in [1.82, 2.24) is 4.72 Å². The molecule has 0 spiro atoms. The van der Waals surface area contributed by atoms with Crippen LogP contribution >= 0.6 is 0 Å². The number of rotatable bonds is 5. The van der Waals surface area contributed by atoms with E-state index in [0.717, 1.165) is 32.4 Å². The van der Waals surface area contributed by atoms with Crippen LogP contribution < -0.4 is 4.72 Å². The molecule has 1 aliphatic rings. The minimum atomic E-state index is -3.68. The summed E-state index contributed by atoms with van der Waals surface area (Å²) in [5, 5.41) is 9.55. The lowest BCUT2D eigenvalue weighted by Gasteiger charge is -2.25. The van der Waals surface area contributed by atoms with Crippen molar-refractivity contribution in [3.05, 3.63) is 23.8 Å². The Labute approximate surface area is 117 Å². The van der Waals surface area contributed by atoms with E-state index in [9.17, 15) is 18.3 Å². The molecule has 0 amide bonds. The zero-order valence-electron chi connectivity index (χ0n) is 11.1. The second-order valence-electron chi connectivity index (χ2n) is 4.82. The lowest BCUT2D eigenvalue weighted by Crippen LogP contribution is -2.32. The number of hydrogen-bond donors (Lipinski definition) is 2. The summed E-state index contributed by atoms with van der Waals surface area (Å²) in [7, 11) is -2.52. The zero-order valence-corrected chi connectivity index (χ0v) is 11.9. The van der Waals surface area contributed by atoms with Gasteiger partial charge in [-0.3, -0.25) is 0 Å². The molecule has 0 aromatic heterocycles. The van der Waals surface area contributed by atoms with Gasteiger partial charge >= 0.3 is 5.97 Å². The molecule has 7 heteroatoms. The number of nitrogens with one attached hydrogen (secondary N) is 1. The lowest BCUT2D eigenvalue weighted by atomic mass is 9.86. The third-order valence-corrected chi connectivity index (χ3v) is 4.89. The van der Waals surface area contributed by atoms with E-state index in [2.05, 4.69) is 9.46 Å². The van der Waals surface area contributed by atoms with Crippen LogP contribution in [0.1, 0.15) is 29.6 Å². The third-order valence-electron chi connectivity index (χ3n) is 3.47. The summed E-state index contributed by atoms with van der Waals surface area (Å²) in [6.07, 6.45) is 3.20. The van der Waals surface area contributed by atoms with Gasteiger partial charge in [0.25, 0.3) is 0 Å². The standard InChI is InChI=1S/C13H17NO5S/c1-19-13(16)11-7-10(5-6-12(11)15)20(17,18)14-8-9-3-2-4-9/h5-7,9,14-15H,2-4,8H2,1H3. The first kappa shape index (κ1) is 14.8. The predicted octanol–water partition coefficient (Wildman–Crippen LogP) is 1.26. The molecule has 2 rings (SSSR count). The number of carbonyl (C=O) groups excluding carboxylic acids is 1. The summed E-state index contributed by atoms with van der Waals surface area (Å²) in [6.45, 7) is 0.400. The molecule has 0 unspecified atom stereocenters. The van der Waals surface area contributed by atoms with Crippen molar-refractivity contribution in [2.75, 3.05) is 13.7 Å². The summed E-state index contributed by atoms with van der Waals surface area (Å²) in [6, 6.07) is 3.54. The quantitative estimate of drug-likeness (QED) is 0.798. The molecule has 0 radical (unpaired) electrons. The van der Waals surface area contributed by atoms with Crippen LogP contribution in [-0.4, -0.2) is 33.1 Å². The smallest absolute Gasteiger partial charge is 0.341 e. The monoisotopic (exact) mass is 299 g/mol. The molecule has 1 fully saturated rings. The highest BCUT2D eigenvalue weighted by molar-refractivity contribution is 7.89. The molecule has 110 valence electrons. The Hall–Kier alpha value is -1.60. The van der Waals surface area contributed by atoms with E-state index >= 15 is 0 Å². The van der Waals surface area contributed by atoms with Gasteiger partial charge in [0.1, 0.15) is 11.3 Å². The van der Waals surface area contributed by atoms with Gasteiger partial charge in [0, 0.05) is 6.54 Å². The van der Waals surface area contributed by atoms with Gasteiger partial charge in [-0.05, 0) is 37.0 Å². The van der Waals surface area contributed by atoms with Gasteiger partial charge in [-0.15, -0.1) is 0 Å². The van der Waals surface area contributed by atoms with E-state index in [4.69, 9.17) is 0 Å². The number of carbonyl (C=O) groups is 1. The molecule has 1 aromatic rings. The van der Waals surface area contributed by atoms with Gasteiger partial charge in [0.05, 0.1) is 12.0 Å². The summed E-state index contributed by atoms with van der Waals surface area (Å²) in [5.74, 6) is -0.699. The Bertz CT molecular complexity index is 607. The molecular formula is C13H17NO5S. The maximum Gasteiger partial charge on any atom is 0.341 e. The Kier molecular flexibility index (Phi) is 4.29. The first-order valence-corrected chi connectivity index (χ1v) is 7.83.